The highest BCUT2D eigenvalue weighted by Crippen LogP contribution is 2.21. The Bertz CT molecular complexity index is 554. The molecule has 1 atom stereocenters. The molecule has 0 bridgehead atoms. The fraction of sp³-hybridized carbons (Fsp3) is 0.200. The molecule has 1 nitrogen and oxygen atoms in total. The standard InChI is InChI=1S/C15H15ClFN/c1-10-3-2-4-12(7-10)15(18)9-11-5-6-14(17)13(16)8-11/h2-8,15H,9,18H2,1H3. The molecule has 1 unspecified atom stereocenters. The van der Waals surface area contributed by atoms with Crippen LogP contribution in [0.3, 0.4) is 0 Å². The third-order valence-corrected chi connectivity index (χ3v) is 3.20. The molecule has 94 valence electrons. The molecule has 3 heteroatoms. The van der Waals surface area contributed by atoms with E-state index in [1.54, 1.807) is 12.1 Å². The molecule has 2 N–H and O–H groups in total. The summed E-state index contributed by atoms with van der Waals surface area (Å²) in [4.78, 5) is 0. The van der Waals surface area contributed by atoms with Crippen LogP contribution in [0.1, 0.15) is 22.7 Å². The van der Waals surface area contributed by atoms with Crippen LogP contribution in [0.4, 0.5) is 4.39 Å². The molecular weight excluding hydrogens is 249 g/mol. The summed E-state index contributed by atoms with van der Waals surface area (Å²) in [6.45, 7) is 2.03. The van der Waals surface area contributed by atoms with Crippen LogP contribution in [0, 0.1) is 12.7 Å². The van der Waals surface area contributed by atoms with Crippen LogP contribution >= 0.6 is 11.6 Å². The summed E-state index contributed by atoms with van der Waals surface area (Å²) in [5.74, 6) is -0.399. The quantitative estimate of drug-likeness (QED) is 0.889. The molecule has 0 fully saturated rings. The zero-order valence-electron chi connectivity index (χ0n) is 10.2. The molecule has 0 spiro atoms. The van der Waals surface area contributed by atoms with Gasteiger partial charge in [0.1, 0.15) is 5.82 Å². The van der Waals surface area contributed by atoms with Crippen molar-refractivity contribution in [3.63, 3.8) is 0 Å². The number of halogens is 2. The maximum absolute atomic E-state index is 13.0. The van der Waals surface area contributed by atoms with Crippen molar-refractivity contribution in [1.82, 2.24) is 0 Å². The molecule has 2 rings (SSSR count). The first kappa shape index (κ1) is 13.1. The van der Waals surface area contributed by atoms with Crippen molar-refractivity contribution in [1.29, 1.82) is 0 Å². The first-order chi connectivity index (χ1) is 8.56. The topological polar surface area (TPSA) is 26.0 Å². The van der Waals surface area contributed by atoms with Crippen molar-refractivity contribution >= 4 is 11.6 Å². The summed E-state index contributed by atoms with van der Waals surface area (Å²) in [7, 11) is 0. The minimum atomic E-state index is -0.399. The molecule has 18 heavy (non-hydrogen) atoms. The fourth-order valence-electron chi connectivity index (χ4n) is 1.94. The van der Waals surface area contributed by atoms with E-state index >= 15 is 0 Å². The Morgan fingerprint density at radius 2 is 2.00 bits per heavy atom. The lowest BCUT2D eigenvalue weighted by molar-refractivity contribution is 0.626. The molecule has 0 aromatic heterocycles. The molecule has 0 amide bonds. The summed E-state index contributed by atoms with van der Waals surface area (Å²) < 4.78 is 13.0. The third-order valence-electron chi connectivity index (χ3n) is 2.91. The lowest BCUT2D eigenvalue weighted by Gasteiger charge is -2.13. The second-order valence-electron chi connectivity index (χ2n) is 4.47. The van der Waals surface area contributed by atoms with E-state index in [4.69, 9.17) is 17.3 Å². The van der Waals surface area contributed by atoms with Gasteiger partial charge >= 0.3 is 0 Å². The maximum Gasteiger partial charge on any atom is 0.141 e. The molecular formula is C15H15ClFN. The Hall–Kier alpha value is -1.38. The lowest BCUT2D eigenvalue weighted by Crippen LogP contribution is -2.13. The second-order valence-corrected chi connectivity index (χ2v) is 4.88. The van der Waals surface area contributed by atoms with Gasteiger partial charge in [-0.25, -0.2) is 4.39 Å². The number of hydrogen-bond acceptors (Lipinski definition) is 1. The Labute approximate surface area is 111 Å². The summed E-state index contributed by atoms with van der Waals surface area (Å²) in [5, 5.41) is 0.143. The number of hydrogen-bond donors (Lipinski definition) is 1. The first-order valence-electron chi connectivity index (χ1n) is 5.82. The van der Waals surface area contributed by atoms with Gasteiger partial charge in [-0.1, -0.05) is 47.5 Å². The predicted molar refractivity (Wildman–Crippen MR) is 73.2 cm³/mol. The third kappa shape index (κ3) is 3.09. The number of nitrogens with two attached hydrogens (primary N) is 1. The first-order valence-corrected chi connectivity index (χ1v) is 6.20. The van der Waals surface area contributed by atoms with Gasteiger partial charge in [0.05, 0.1) is 5.02 Å². The molecule has 2 aromatic rings. The van der Waals surface area contributed by atoms with E-state index in [9.17, 15) is 4.39 Å². The highest BCUT2D eigenvalue weighted by Gasteiger charge is 2.08. The van der Waals surface area contributed by atoms with E-state index in [1.165, 1.54) is 11.6 Å². The monoisotopic (exact) mass is 263 g/mol. The van der Waals surface area contributed by atoms with Crippen LogP contribution in [0.25, 0.3) is 0 Å². The van der Waals surface area contributed by atoms with Crippen molar-refractivity contribution in [3.8, 4) is 0 Å². The van der Waals surface area contributed by atoms with E-state index in [-0.39, 0.29) is 11.1 Å². The molecule has 0 saturated heterocycles. The van der Waals surface area contributed by atoms with Crippen LogP contribution < -0.4 is 5.73 Å². The molecule has 0 heterocycles. The van der Waals surface area contributed by atoms with Crippen molar-refractivity contribution in [2.24, 2.45) is 5.73 Å². The van der Waals surface area contributed by atoms with E-state index < -0.39 is 5.82 Å². The van der Waals surface area contributed by atoms with E-state index in [0.29, 0.717) is 6.42 Å². The van der Waals surface area contributed by atoms with Gasteiger partial charge in [0.25, 0.3) is 0 Å². The molecule has 0 aliphatic rings. The zero-order chi connectivity index (χ0) is 13.1. The zero-order valence-corrected chi connectivity index (χ0v) is 10.9. The summed E-state index contributed by atoms with van der Waals surface area (Å²) in [6, 6.07) is 12.7. The normalized spacial score (nSPS) is 12.4. The van der Waals surface area contributed by atoms with Crippen LogP contribution in [-0.2, 0) is 6.42 Å². The van der Waals surface area contributed by atoms with Gasteiger partial charge in [0.15, 0.2) is 0 Å². The van der Waals surface area contributed by atoms with E-state index in [0.717, 1.165) is 11.1 Å². The lowest BCUT2D eigenvalue weighted by atomic mass is 9.98. The molecule has 0 aliphatic carbocycles. The number of rotatable bonds is 3. The maximum atomic E-state index is 13.0. The summed E-state index contributed by atoms with van der Waals surface area (Å²) in [5.41, 5.74) is 9.35. The van der Waals surface area contributed by atoms with Gasteiger partial charge in [0.2, 0.25) is 0 Å². The average molecular weight is 264 g/mol. The van der Waals surface area contributed by atoms with E-state index in [2.05, 4.69) is 6.07 Å². The van der Waals surface area contributed by atoms with Gasteiger partial charge < -0.3 is 5.73 Å². The van der Waals surface area contributed by atoms with Crippen LogP contribution in [0.15, 0.2) is 42.5 Å². The van der Waals surface area contributed by atoms with Crippen molar-refractivity contribution in [2.75, 3.05) is 0 Å². The Balaban J connectivity index is 2.16. The van der Waals surface area contributed by atoms with Crippen molar-refractivity contribution < 1.29 is 4.39 Å². The van der Waals surface area contributed by atoms with Gasteiger partial charge in [-0.2, -0.15) is 0 Å². The molecule has 0 aliphatic heterocycles. The minimum Gasteiger partial charge on any atom is -0.324 e. The fourth-order valence-corrected chi connectivity index (χ4v) is 2.14. The van der Waals surface area contributed by atoms with Gasteiger partial charge in [-0.05, 0) is 36.6 Å². The Morgan fingerprint density at radius 1 is 1.22 bits per heavy atom. The van der Waals surface area contributed by atoms with E-state index in [1.807, 2.05) is 25.1 Å². The summed E-state index contributed by atoms with van der Waals surface area (Å²) >= 11 is 5.75. The molecule has 0 saturated carbocycles. The summed E-state index contributed by atoms with van der Waals surface area (Å²) in [6.07, 6.45) is 0.642. The number of benzene rings is 2. The van der Waals surface area contributed by atoms with Crippen molar-refractivity contribution in [3.05, 3.63) is 70.0 Å². The van der Waals surface area contributed by atoms with Gasteiger partial charge in [-0.3, -0.25) is 0 Å². The minimum absolute atomic E-state index is 0.105. The van der Waals surface area contributed by atoms with Crippen molar-refractivity contribution in [2.45, 2.75) is 19.4 Å². The Kier molecular flexibility index (Phi) is 4.00. The second kappa shape index (κ2) is 5.51. The molecule has 2 aromatic carbocycles. The highest BCUT2D eigenvalue weighted by atomic mass is 35.5. The predicted octanol–water partition coefficient (Wildman–Crippen LogP) is 4.03. The van der Waals surface area contributed by atoms with Gasteiger partial charge in [-0.15, -0.1) is 0 Å². The van der Waals surface area contributed by atoms with Crippen LogP contribution in [-0.4, -0.2) is 0 Å². The SMILES string of the molecule is Cc1cccc(C(N)Cc2ccc(F)c(Cl)c2)c1. The largest absolute Gasteiger partial charge is 0.324 e. The smallest absolute Gasteiger partial charge is 0.141 e. The highest BCUT2D eigenvalue weighted by molar-refractivity contribution is 6.30. The van der Waals surface area contributed by atoms with Crippen LogP contribution in [0.5, 0.6) is 0 Å². The average Bonchev–Trinajstić information content (AvgIpc) is 2.34. The Morgan fingerprint density at radius 3 is 2.67 bits per heavy atom. The molecule has 0 radical (unpaired) electrons. The van der Waals surface area contributed by atoms with Gasteiger partial charge in [0, 0.05) is 6.04 Å². The number of aryl methyl sites for hydroxylation is 1. The van der Waals surface area contributed by atoms with Crippen LogP contribution in [0.2, 0.25) is 5.02 Å².